The maximum Gasteiger partial charge on any atom is 0.418 e. The molecule has 1 heterocycles. The Morgan fingerprint density at radius 1 is 1.10 bits per heavy atom. The van der Waals surface area contributed by atoms with Crippen LogP contribution in [0.15, 0.2) is 54.9 Å². The van der Waals surface area contributed by atoms with Crippen LogP contribution in [0.4, 0.5) is 29.3 Å². The van der Waals surface area contributed by atoms with Crippen molar-refractivity contribution in [3.63, 3.8) is 0 Å². The highest BCUT2D eigenvalue weighted by molar-refractivity contribution is 6.06. The molecule has 0 spiro atoms. The lowest BCUT2D eigenvalue weighted by atomic mass is 9.99. The van der Waals surface area contributed by atoms with Crippen molar-refractivity contribution in [2.24, 2.45) is 5.92 Å². The van der Waals surface area contributed by atoms with Crippen LogP contribution < -0.4 is 10.6 Å². The highest BCUT2D eigenvalue weighted by Crippen LogP contribution is 2.36. The summed E-state index contributed by atoms with van der Waals surface area (Å²) in [6.45, 7) is 1.45. The quantitative estimate of drug-likeness (QED) is 0.535. The van der Waals surface area contributed by atoms with Crippen molar-refractivity contribution in [3.8, 4) is 0 Å². The Bertz CT molecular complexity index is 1090. The Balaban J connectivity index is 1.87. The molecule has 2 amide bonds. The number of alkyl halides is 3. The molecule has 0 fully saturated rings. The number of urea groups is 1. The van der Waals surface area contributed by atoms with Crippen LogP contribution in [0, 0.1) is 5.92 Å². The number of pyridine rings is 1. The minimum atomic E-state index is -4.69. The molecule has 0 aliphatic carbocycles. The summed E-state index contributed by atoms with van der Waals surface area (Å²) in [5, 5.41) is 15.3. The number of fused-ring (bicyclic) bond motifs is 1. The predicted molar refractivity (Wildman–Crippen MR) is 106 cm³/mol. The maximum absolute atomic E-state index is 13.4. The van der Waals surface area contributed by atoms with Crippen molar-refractivity contribution >= 4 is 34.1 Å². The van der Waals surface area contributed by atoms with Crippen molar-refractivity contribution < 1.29 is 27.9 Å². The Morgan fingerprint density at radius 3 is 2.53 bits per heavy atom. The van der Waals surface area contributed by atoms with Crippen LogP contribution in [0.1, 0.15) is 18.1 Å². The van der Waals surface area contributed by atoms with Gasteiger partial charge in [0.2, 0.25) is 0 Å². The summed E-state index contributed by atoms with van der Waals surface area (Å²) in [4.78, 5) is 27.5. The van der Waals surface area contributed by atoms with Crippen LogP contribution >= 0.6 is 0 Å². The first-order valence-corrected chi connectivity index (χ1v) is 8.99. The average Bonchev–Trinajstić information content (AvgIpc) is 2.67. The molecule has 156 valence electrons. The number of anilines is 2. The Hall–Kier alpha value is -3.62. The van der Waals surface area contributed by atoms with Gasteiger partial charge < -0.3 is 15.7 Å². The number of hydrogen-bond donors (Lipinski definition) is 3. The predicted octanol–water partition coefficient (Wildman–Crippen LogP) is 5.16. The summed E-state index contributed by atoms with van der Waals surface area (Å²) in [6, 6.07) is 9.13. The van der Waals surface area contributed by atoms with E-state index in [0.717, 1.165) is 17.5 Å². The molecule has 0 saturated carbocycles. The van der Waals surface area contributed by atoms with E-state index in [1.807, 2.05) is 0 Å². The van der Waals surface area contributed by atoms with Crippen molar-refractivity contribution in [2.45, 2.75) is 19.5 Å². The first-order valence-electron chi connectivity index (χ1n) is 8.99. The normalized spacial score (nSPS) is 12.4. The van der Waals surface area contributed by atoms with Gasteiger partial charge in [-0.25, -0.2) is 4.79 Å². The Labute approximate surface area is 169 Å². The van der Waals surface area contributed by atoms with Crippen molar-refractivity contribution in [2.75, 3.05) is 10.6 Å². The molecule has 0 saturated heterocycles. The van der Waals surface area contributed by atoms with Crippen LogP contribution in [-0.4, -0.2) is 22.1 Å². The number of rotatable bonds is 5. The molecule has 3 aromatic rings. The van der Waals surface area contributed by atoms with Gasteiger partial charge in [-0.05, 0) is 36.2 Å². The molecule has 3 N–H and O–H groups in total. The van der Waals surface area contributed by atoms with E-state index in [1.54, 1.807) is 36.7 Å². The fourth-order valence-electron chi connectivity index (χ4n) is 3.02. The van der Waals surface area contributed by atoms with Gasteiger partial charge in [0.05, 0.1) is 22.9 Å². The average molecular weight is 417 g/mol. The molecule has 9 heteroatoms. The second kappa shape index (κ2) is 8.40. The molecule has 3 rings (SSSR count). The molecule has 6 nitrogen and oxygen atoms in total. The van der Waals surface area contributed by atoms with Gasteiger partial charge in [-0.1, -0.05) is 25.1 Å². The molecule has 1 aromatic heterocycles. The lowest BCUT2D eigenvalue weighted by molar-refractivity contribution is -0.141. The zero-order valence-electron chi connectivity index (χ0n) is 15.8. The van der Waals surface area contributed by atoms with Gasteiger partial charge >= 0.3 is 18.2 Å². The van der Waals surface area contributed by atoms with E-state index in [4.69, 9.17) is 5.11 Å². The number of aromatic nitrogens is 1. The van der Waals surface area contributed by atoms with Gasteiger partial charge in [0.15, 0.2) is 0 Å². The summed E-state index contributed by atoms with van der Waals surface area (Å²) >= 11 is 0. The van der Waals surface area contributed by atoms with Gasteiger partial charge in [0.1, 0.15) is 0 Å². The number of amides is 2. The van der Waals surface area contributed by atoms with Crippen LogP contribution in [0.25, 0.3) is 10.8 Å². The molecule has 0 bridgehead atoms. The molecule has 0 radical (unpaired) electrons. The molecule has 0 aliphatic rings. The summed E-state index contributed by atoms with van der Waals surface area (Å²) < 4.78 is 40.2. The molecule has 0 aliphatic heterocycles. The number of nitrogens with one attached hydrogen (secondary N) is 2. The molecule has 30 heavy (non-hydrogen) atoms. The summed E-state index contributed by atoms with van der Waals surface area (Å²) in [5.41, 5.74) is -0.690. The molecule has 1 unspecified atom stereocenters. The number of nitrogens with zero attached hydrogens (tertiary/aromatic N) is 1. The first-order chi connectivity index (χ1) is 14.1. The van der Waals surface area contributed by atoms with E-state index in [-0.39, 0.29) is 6.42 Å². The Kier molecular flexibility index (Phi) is 5.91. The molecule has 2 aromatic carbocycles. The number of carboxylic acid groups (broad SMARTS) is 1. The van der Waals surface area contributed by atoms with Gasteiger partial charge in [0.25, 0.3) is 0 Å². The van der Waals surface area contributed by atoms with E-state index < -0.39 is 35.3 Å². The largest absolute Gasteiger partial charge is 0.481 e. The second-order valence-corrected chi connectivity index (χ2v) is 6.80. The SMILES string of the molecule is CC(Cc1ccc(C(F)(F)F)c(NC(=O)Nc2cccc3cnccc23)c1)C(=O)O. The lowest BCUT2D eigenvalue weighted by Gasteiger charge is -2.17. The monoisotopic (exact) mass is 417 g/mol. The van der Waals surface area contributed by atoms with Crippen molar-refractivity contribution in [3.05, 3.63) is 66.0 Å². The number of carbonyl (C=O) groups excluding carboxylic acids is 1. The summed E-state index contributed by atoms with van der Waals surface area (Å²) in [6.07, 6.45) is -1.52. The van der Waals surface area contributed by atoms with Crippen LogP contribution in [0.5, 0.6) is 0 Å². The summed E-state index contributed by atoms with van der Waals surface area (Å²) in [7, 11) is 0. The van der Waals surface area contributed by atoms with Gasteiger partial charge in [-0.2, -0.15) is 13.2 Å². The summed E-state index contributed by atoms with van der Waals surface area (Å²) in [5.74, 6) is -1.85. The van der Waals surface area contributed by atoms with Gasteiger partial charge in [-0.15, -0.1) is 0 Å². The van der Waals surface area contributed by atoms with E-state index in [0.29, 0.717) is 16.6 Å². The number of carbonyl (C=O) groups is 2. The number of aliphatic carboxylic acids is 1. The van der Waals surface area contributed by atoms with Gasteiger partial charge in [-0.3, -0.25) is 9.78 Å². The minimum Gasteiger partial charge on any atom is -0.481 e. The van der Waals surface area contributed by atoms with E-state index in [9.17, 15) is 22.8 Å². The van der Waals surface area contributed by atoms with Gasteiger partial charge in [0, 0.05) is 23.2 Å². The molecular weight excluding hydrogens is 399 g/mol. The zero-order valence-corrected chi connectivity index (χ0v) is 15.8. The van der Waals surface area contributed by atoms with Crippen molar-refractivity contribution in [1.29, 1.82) is 0 Å². The van der Waals surface area contributed by atoms with Crippen LogP contribution in [-0.2, 0) is 17.4 Å². The fraction of sp³-hybridized carbons (Fsp3) is 0.190. The van der Waals surface area contributed by atoms with Crippen LogP contribution in [0.2, 0.25) is 0 Å². The third kappa shape index (κ3) is 4.86. The zero-order chi connectivity index (χ0) is 21.9. The van der Waals surface area contributed by atoms with E-state index in [1.165, 1.54) is 13.0 Å². The molecule has 1 atom stereocenters. The highest BCUT2D eigenvalue weighted by atomic mass is 19.4. The third-order valence-electron chi connectivity index (χ3n) is 4.53. The first kappa shape index (κ1) is 21.1. The van der Waals surface area contributed by atoms with Crippen molar-refractivity contribution in [1.82, 2.24) is 4.98 Å². The lowest BCUT2D eigenvalue weighted by Crippen LogP contribution is -2.22. The topological polar surface area (TPSA) is 91.3 Å². The highest BCUT2D eigenvalue weighted by Gasteiger charge is 2.34. The smallest absolute Gasteiger partial charge is 0.418 e. The maximum atomic E-state index is 13.4. The third-order valence-corrected chi connectivity index (χ3v) is 4.53. The minimum absolute atomic E-state index is 0.0279. The number of carboxylic acids is 1. The van der Waals surface area contributed by atoms with E-state index in [2.05, 4.69) is 15.6 Å². The number of hydrogen-bond acceptors (Lipinski definition) is 3. The number of halogens is 3. The fourth-order valence-corrected chi connectivity index (χ4v) is 3.02. The Morgan fingerprint density at radius 2 is 1.83 bits per heavy atom. The van der Waals surface area contributed by atoms with E-state index >= 15 is 0 Å². The second-order valence-electron chi connectivity index (χ2n) is 6.80. The van der Waals surface area contributed by atoms with Crippen LogP contribution in [0.3, 0.4) is 0 Å². The number of benzene rings is 2. The molecular formula is C21H18F3N3O3. The standard InChI is InChI=1S/C21H18F3N3O3/c1-12(19(28)29)9-13-5-6-16(21(22,23)24)18(10-13)27-20(30)26-17-4-2-3-14-11-25-8-7-15(14)17/h2-8,10-12H,9H2,1H3,(H,28,29)(H2,26,27,30).